The van der Waals surface area contributed by atoms with Crippen molar-refractivity contribution in [2.45, 2.75) is 18.9 Å². The van der Waals surface area contributed by atoms with Gasteiger partial charge in [0.15, 0.2) is 0 Å². The average Bonchev–Trinajstić information content (AvgIpc) is 3.14. The number of hydrogen-bond acceptors (Lipinski definition) is 3. The van der Waals surface area contributed by atoms with Crippen molar-refractivity contribution in [1.82, 2.24) is 14.7 Å². The van der Waals surface area contributed by atoms with Gasteiger partial charge in [0.1, 0.15) is 6.04 Å². The average molecular weight is 367 g/mol. The zero-order valence-electron chi connectivity index (χ0n) is 13.0. The number of halogens is 2. The van der Waals surface area contributed by atoms with E-state index in [1.54, 1.807) is 47.2 Å². The molecule has 6 nitrogen and oxygen atoms in total. The van der Waals surface area contributed by atoms with Crippen LogP contribution in [-0.2, 0) is 11.8 Å². The fourth-order valence-corrected chi connectivity index (χ4v) is 3.36. The number of carbonyl (C=O) groups is 2. The lowest BCUT2D eigenvalue weighted by Crippen LogP contribution is -2.43. The molecule has 1 N–H and O–H groups in total. The lowest BCUT2D eigenvalue weighted by Gasteiger charge is -2.24. The van der Waals surface area contributed by atoms with Crippen LogP contribution in [0.4, 0.5) is 5.69 Å². The minimum absolute atomic E-state index is 0.220. The van der Waals surface area contributed by atoms with E-state index >= 15 is 0 Å². The van der Waals surface area contributed by atoms with Crippen LogP contribution in [-0.4, -0.2) is 39.1 Å². The van der Waals surface area contributed by atoms with Crippen LogP contribution in [0.15, 0.2) is 30.6 Å². The summed E-state index contributed by atoms with van der Waals surface area (Å²) in [5.74, 6) is -0.467. The van der Waals surface area contributed by atoms with E-state index in [4.69, 9.17) is 23.2 Å². The molecule has 0 aliphatic carbocycles. The smallest absolute Gasteiger partial charge is 0.254 e. The Bertz CT molecular complexity index is 770. The molecule has 126 valence electrons. The predicted molar refractivity (Wildman–Crippen MR) is 92.4 cm³/mol. The van der Waals surface area contributed by atoms with E-state index in [0.717, 1.165) is 6.42 Å². The first-order valence-electron chi connectivity index (χ1n) is 7.50. The van der Waals surface area contributed by atoms with E-state index in [2.05, 4.69) is 10.4 Å². The van der Waals surface area contributed by atoms with Crippen molar-refractivity contribution in [3.8, 4) is 0 Å². The summed E-state index contributed by atoms with van der Waals surface area (Å²) in [5.41, 5.74) is 0.987. The maximum Gasteiger partial charge on any atom is 0.254 e. The van der Waals surface area contributed by atoms with E-state index in [1.807, 2.05) is 0 Å². The molecule has 1 fully saturated rings. The Morgan fingerprint density at radius 2 is 1.96 bits per heavy atom. The lowest BCUT2D eigenvalue weighted by atomic mass is 10.1. The van der Waals surface area contributed by atoms with E-state index in [9.17, 15) is 9.59 Å². The van der Waals surface area contributed by atoms with Gasteiger partial charge in [0.05, 0.1) is 11.9 Å². The Labute approximate surface area is 149 Å². The number of aromatic nitrogens is 2. The molecule has 0 bridgehead atoms. The van der Waals surface area contributed by atoms with Gasteiger partial charge in [0.25, 0.3) is 5.91 Å². The molecule has 1 aromatic carbocycles. The van der Waals surface area contributed by atoms with Gasteiger partial charge in [-0.1, -0.05) is 23.2 Å². The second-order valence-corrected chi connectivity index (χ2v) is 6.58. The van der Waals surface area contributed by atoms with Crippen molar-refractivity contribution in [1.29, 1.82) is 0 Å². The second-order valence-electron chi connectivity index (χ2n) is 5.71. The van der Waals surface area contributed by atoms with Gasteiger partial charge in [0, 0.05) is 35.4 Å². The van der Waals surface area contributed by atoms with E-state index < -0.39 is 6.04 Å². The van der Waals surface area contributed by atoms with Gasteiger partial charge in [-0.15, -0.1) is 0 Å². The summed E-state index contributed by atoms with van der Waals surface area (Å²) in [5, 5.41) is 7.59. The van der Waals surface area contributed by atoms with Crippen LogP contribution in [0.5, 0.6) is 0 Å². The number of hydrogen-bond donors (Lipinski definition) is 1. The molecular formula is C16H16Cl2N4O2. The maximum atomic E-state index is 12.7. The third-order valence-corrected chi connectivity index (χ3v) is 4.33. The van der Waals surface area contributed by atoms with Crippen LogP contribution in [0.1, 0.15) is 23.2 Å². The molecule has 0 spiro atoms. The summed E-state index contributed by atoms with van der Waals surface area (Å²) < 4.78 is 1.60. The number of anilines is 1. The maximum absolute atomic E-state index is 12.7. The molecular weight excluding hydrogens is 351 g/mol. The van der Waals surface area contributed by atoms with Crippen molar-refractivity contribution in [2.24, 2.45) is 7.05 Å². The van der Waals surface area contributed by atoms with E-state index in [-0.39, 0.29) is 11.8 Å². The van der Waals surface area contributed by atoms with Gasteiger partial charge in [0.2, 0.25) is 5.91 Å². The zero-order valence-corrected chi connectivity index (χ0v) is 14.5. The fraction of sp³-hybridized carbons (Fsp3) is 0.312. The summed E-state index contributed by atoms with van der Waals surface area (Å²) in [6.07, 6.45) is 4.66. The van der Waals surface area contributed by atoms with Gasteiger partial charge < -0.3 is 10.2 Å². The number of nitrogens with one attached hydrogen (secondary N) is 1. The number of aryl methyl sites for hydroxylation is 1. The zero-order chi connectivity index (χ0) is 17.3. The summed E-state index contributed by atoms with van der Waals surface area (Å²) in [4.78, 5) is 26.8. The second kappa shape index (κ2) is 6.83. The minimum atomic E-state index is -0.518. The van der Waals surface area contributed by atoms with Crippen molar-refractivity contribution in [3.63, 3.8) is 0 Å². The van der Waals surface area contributed by atoms with Crippen molar-refractivity contribution < 1.29 is 9.59 Å². The molecule has 0 saturated carbocycles. The monoisotopic (exact) mass is 366 g/mol. The molecule has 24 heavy (non-hydrogen) atoms. The largest absolute Gasteiger partial charge is 0.327 e. The number of benzene rings is 1. The number of carbonyl (C=O) groups excluding carboxylic acids is 2. The third kappa shape index (κ3) is 3.55. The Hall–Kier alpha value is -2.05. The molecule has 1 saturated heterocycles. The Balaban J connectivity index is 1.77. The first kappa shape index (κ1) is 16.8. The SMILES string of the molecule is Cn1cc(NC(=O)C2CCCN2C(=O)c2cc(Cl)cc(Cl)c2)cn1. The summed E-state index contributed by atoms with van der Waals surface area (Å²) in [7, 11) is 1.77. The third-order valence-electron chi connectivity index (χ3n) is 3.90. The first-order chi connectivity index (χ1) is 11.4. The fourth-order valence-electron chi connectivity index (χ4n) is 2.84. The van der Waals surface area contributed by atoms with Crippen molar-refractivity contribution >= 4 is 40.7 Å². The van der Waals surface area contributed by atoms with Crippen LogP contribution < -0.4 is 5.32 Å². The molecule has 8 heteroatoms. The number of nitrogens with zero attached hydrogens (tertiary/aromatic N) is 3. The summed E-state index contributed by atoms with van der Waals surface area (Å²) in [6.45, 7) is 0.522. The molecule has 0 radical (unpaired) electrons. The van der Waals surface area contributed by atoms with Crippen LogP contribution in [0.25, 0.3) is 0 Å². The van der Waals surface area contributed by atoms with Gasteiger partial charge in [-0.3, -0.25) is 14.3 Å². The summed E-state index contributed by atoms with van der Waals surface area (Å²) >= 11 is 11.9. The normalized spacial score (nSPS) is 17.1. The minimum Gasteiger partial charge on any atom is -0.327 e. The Kier molecular flexibility index (Phi) is 4.78. The van der Waals surface area contributed by atoms with Crippen molar-refractivity contribution in [2.75, 3.05) is 11.9 Å². The van der Waals surface area contributed by atoms with Crippen LogP contribution in [0.3, 0.4) is 0 Å². The number of amides is 2. The van der Waals surface area contributed by atoms with Gasteiger partial charge in [-0.05, 0) is 31.0 Å². The Morgan fingerprint density at radius 3 is 2.58 bits per heavy atom. The molecule has 1 aliphatic rings. The molecule has 2 amide bonds. The summed E-state index contributed by atoms with van der Waals surface area (Å²) in [6, 6.07) is 4.17. The highest BCUT2D eigenvalue weighted by Gasteiger charge is 2.34. The van der Waals surface area contributed by atoms with Crippen molar-refractivity contribution in [3.05, 3.63) is 46.2 Å². The molecule has 3 rings (SSSR count). The standard InChI is InChI=1S/C16H16Cl2N4O2/c1-21-9-13(8-19-21)20-15(23)14-3-2-4-22(14)16(24)10-5-11(17)7-12(18)6-10/h5-9,14H,2-4H2,1H3,(H,20,23). The van der Waals surface area contributed by atoms with Gasteiger partial charge in [-0.25, -0.2) is 0 Å². The Morgan fingerprint density at radius 1 is 1.25 bits per heavy atom. The van der Waals surface area contributed by atoms with Gasteiger partial charge >= 0.3 is 0 Å². The molecule has 1 unspecified atom stereocenters. The molecule has 1 aromatic heterocycles. The quantitative estimate of drug-likeness (QED) is 0.907. The van der Waals surface area contributed by atoms with E-state index in [1.165, 1.54) is 0 Å². The highest BCUT2D eigenvalue weighted by Crippen LogP contribution is 2.25. The molecule has 1 aliphatic heterocycles. The lowest BCUT2D eigenvalue weighted by molar-refractivity contribution is -0.119. The molecule has 1 atom stereocenters. The predicted octanol–water partition coefficient (Wildman–Crippen LogP) is 2.97. The number of likely N-dealkylation sites (tertiary alicyclic amines) is 1. The van der Waals surface area contributed by atoms with Crippen LogP contribution in [0.2, 0.25) is 10.0 Å². The first-order valence-corrected chi connectivity index (χ1v) is 8.26. The van der Waals surface area contributed by atoms with Crippen LogP contribution >= 0.6 is 23.2 Å². The van der Waals surface area contributed by atoms with Crippen LogP contribution in [0, 0.1) is 0 Å². The topological polar surface area (TPSA) is 67.2 Å². The number of rotatable bonds is 3. The highest BCUT2D eigenvalue weighted by atomic mass is 35.5. The molecule has 2 heterocycles. The highest BCUT2D eigenvalue weighted by molar-refractivity contribution is 6.35. The van der Waals surface area contributed by atoms with Gasteiger partial charge in [-0.2, -0.15) is 5.10 Å². The molecule has 2 aromatic rings. The van der Waals surface area contributed by atoms with E-state index in [0.29, 0.717) is 34.3 Å².